The van der Waals surface area contributed by atoms with E-state index in [2.05, 4.69) is 4.90 Å². The van der Waals surface area contributed by atoms with Crippen LogP contribution in [0.5, 0.6) is 0 Å². The zero-order valence-electron chi connectivity index (χ0n) is 10.8. The molecule has 5 nitrogen and oxygen atoms in total. The minimum absolute atomic E-state index is 0.0798. The summed E-state index contributed by atoms with van der Waals surface area (Å²) < 4.78 is 37.4. The average molecular weight is 287 g/mol. The van der Waals surface area contributed by atoms with Crippen LogP contribution in [0.15, 0.2) is 24.3 Å². The highest BCUT2D eigenvalue weighted by Crippen LogP contribution is 2.24. The van der Waals surface area contributed by atoms with E-state index in [4.69, 9.17) is 5.14 Å². The minimum atomic E-state index is -3.62. The number of hydrogen-bond donors (Lipinski definition) is 1. The molecule has 1 saturated heterocycles. The van der Waals surface area contributed by atoms with Gasteiger partial charge in [0.2, 0.25) is 0 Å². The Hall–Kier alpha value is -1.02. The van der Waals surface area contributed by atoms with Crippen LogP contribution >= 0.6 is 0 Å². The van der Waals surface area contributed by atoms with E-state index in [1.54, 1.807) is 18.2 Å². The van der Waals surface area contributed by atoms with Gasteiger partial charge < -0.3 is 0 Å². The Bertz CT molecular complexity index is 542. The standard InChI is InChI=1S/C12H18FN3O2S/c1-10(11-4-2-3-5-12(11)13)15-6-8-16(9-7-15)19(14,17)18/h2-5,10H,6-9H2,1H3,(H2,14,17,18)/t10-/m0/s1. The molecule has 0 aliphatic carbocycles. The third-order valence-electron chi connectivity index (χ3n) is 3.54. The monoisotopic (exact) mass is 287 g/mol. The van der Waals surface area contributed by atoms with Gasteiger partial charge in [-0.25, -0.2) is 9.53 Å². The van der Waals surface area contributed by atoms with Crippen LogP contribution in [0, 0.1) is 5.82 Å². The van der Waals surface area contributed by atoms with E-state index in [1.165, 1.54) is 10.4 Å². The molecule has 0 bridgehead atoms. The lowest BCUT2D eigenvalue weighted by molar-refractivity contribution is 0.143. The molecule has 0 spiro atoms. The lowest BCUT2D eigenvalue weighted by atomic mass is 10.1. The SMILES string of the molecule is C[C@@H](c1ccccc1F)N1CCN(S(N)(=O)=O)CC1. The molecule has 19 heavy (non-hydrogen) atoms. The summed E-state index contributed by atoms with van der Waals surface area (Å²) in [6.45, 7) is 3.71. The van der Waals surface area contributed by atoms with E-state index < -0.39 is 10.2 Å². The maximum Gasteiger partial charge on any atom is 0.276 e. The molecule has 0 radical (unpaired) electrons. The van der Waals surface area contributed by atoms with E-state index in [0.717, 1.165) is 0 Å². The molecule has 1 atom stereocenters. The second kappa shape index (κ2) is 5.54. The largest absolute Gasteiger partial charge is 0.294 e. The van der Waals surface area contributed by atoms with Gasteiger partial charge in [-0.1, -0.05) is 18.2 Å². The number of rotatable bonds is 3. The molecule has 0 saturated carbocycles. The highest BCUT2D eigenvalue weighted by Gasteiger charge is 2.27. The van der Waals surface area contributed by atoms with Crippen molar-refractivity contribution in [2.24, 2.45) is 5.14 Å². The van der Waals surface area contributed by atoms with Gasteiger partial charge in [0.25, 0.3) is 10.2 Å². The maximum atomic E-state index is 13.7. The van der Waals surface area contributed by atoms with E-state index in [9.17, 15) is 12.8 Å². The van der Waals surface area contributed by atoms with Gasteiger partial charge >= 0.3 is 0 Å². The summed E-state index contributed by atoms with van der Waals surface area (Å²) in [6.07, 6.45) is 0. The molecule has 1 aromatic carbocycles. The second-order valence-corrected chi connectivity index (χ2v) is 6.22. The molecule has 1 aromatic rings. The molecule has 7 heteroatoms. The first kappa shape index (κ1) is 14.4. The van der Waals surface area contributed by atoms with Crippen molar-refractivity contribution < 1.29 is 12.8 Å². The lowest BCUT2D eigenvalue weighted by Gasteiger charge is -2.36. The highest BCUT2D eigenvalue weighted by molar-refractivity contribution is 7.86. The fourth-order valence-electron chi connectivity index (χ4n) is 2.36. The Morgan fingerprint density at radius 2 is 1.79 bits per heavy atom. The van der Waals surface area contributed by atoms with Crippen molar-refractivity contribution in [1.82, 2.24) is 9.21 Å². The Labute approximate surface area is 113 Å². The van der Waals surface area contributed by atoms with Gasteiger partial charge in [0, 0.05) is 37.8 Å². The van der Waals surface area contributed by atoms with Gasteiger partial charge in [0.15, 0.2) is 0 Å². The predicted molar refractivity (Wildman–Crippen MR) is 71.1 cm³/mol. The third kappa shape index (κ3) is 3.30. The van der Waals surface area contributed by atoms with Gasteiger partial charge in [-0.05, 0) is 13.0 Å². The number of nitrogens with two attached hydrogens (primary N) is 1. The summed E-state index contributed by atoms with van der Waals surface area (Å²) >= 11 is 0. The van der Waals surface area contributed by atoms with Crippen LogP contribution in [-0.2, 0) is 10.2 Å². The van der Waals surface area contributed by atoms with Gasteiger partial charge in [0.05, 0.1) is 0 Å². The number of halogens is 1. The molecule has 106 valence electrons. The topological polar surface area (TPSA) is 66.6 Å². The molecule has 1 heterocycles. The Morgan fingerprint density at radius 1 is 1.21 bits per heavy atom. The van der Waals surface area contributed by atoms with Gasteiger partial charge in [-0.3, -0.25) is 4.90 Å². The summed E-state index contributed by atoms with van der Waals surface area (Å²) in [5.74, 6) is -0.233. The fourth-order valence-corrected chi connectivity index (χ4v) is 3.03. The number of benzene rings is 1. The number of hydrogen-bond acceptors (Lipinski definition) is 3. The van der Waals surface area contributed by atoms with Crippen LogP contribution < -0.4 is 5.14 Å². The van der Waals surface area contributed by atoms with Crippen molar-refractivity contribution in [3.63, 3.8) is 0 Å². The highest BCUT2D eigenvalue weighted by atomic mass is 32.2. The van der Waals surface area contributed by atoms with Crippen LogP contribution in [0.3, 0.4) is 0 Å². The van der Waals surface area contributed by atoms with E-state index >= 15 is 0 Å². The summed E-state index contributed by atoms with van der Waals surface area (Å²) in [5.41, 5.74) is 0.631. The van der Waals surface area contributed by atoms with Crippen molar-refractivity contribution in [3.05, 3.63) is 35.6 Å². The molecule has 0 unspecified atom stereocenters. The molecule has 1 fully saturated rings. The summed E-state index contributed by atoms with van der Waals surface area (Å²) in [7, 11) is -3.62. The summed E-state index contributed by atoms with van der Waals surface area (Å²) in [5, 5.41) is 5.09. The number of piperazine rings is 1. The normalized spacial score (nSPS) is 20.4. The van der Waals surface area contributed by atoms with E-state index in [0.29, 0.717) is 31.7 Å². The molecular weight excluding hydrogens is 269 g/mol. The van der Waals surface area contributed by atoms with Crippen molar-refractivity contribution in [3.8, 4) is 0 Å². The average Bonchev–Trinajstić information content (AvgIpc) is 2.38. The van der Waals surface area contributed by atoms with E-state index in [1.807, 2.05) is 6.92 Å². The van der Waals surface area contributed by atoms with Gasteiger partial charge in [-0.15, -0.1) is 0 Å². The second-order valence-electron chi connectivity index (χ2n) is 4.68. The summed E-state index contributed by atoms with van der Waals surface area (Å²) in [6, 6.07) is 6.57. The van der Waals surface area contributed by atoms with E-state index in [-0.39, 0.29) is 11.9 Å². The first-order valence-electron chi connectivity index (χ1n) is 6.16. The molecular formula is C12H18FN3O2S. The Morgan fingerprint density at radius 3 is 2.32 bits per heavy atom. The number of nitrogens with zero attached hydrogens (tertiary/aromatic N) is 2. The first-order chi connectivity index (χ1) is 8.89. The maximum absolute atomic E-state index is 13.7. The first-order valence-corrected chi connectivity index (χ1v) is 7.66. The summed E-state index contributed by atoms with van der Waals surface area (Å²) in [4.78, 5) is 2.06. The minimum Gasteiger partial charge on any atom is -0.294 e. The van der Waals surface area contributed by atoms with Crippen LogP contribution in [0.2, 0.25) is 0 Å². The zero-order chi connectivity index (χ0) is 14.0. The lowest BCUT2D eigenvalue weighted by Crippen LogP contribution is -2.51. The quantitative estimate of drug-likeness (QED) is 0.890. The van der Waals surface area contributed by atoms with Crippen molar-refractivity contribution in [2.45, 2.75) is 13.0 Å². The fraction of sp³-hybridized carbons (Fsp3) is 0.500. The van der Waals surface area contributed by atoms with Crippen LogP contribution in [0.4, 0.5) is 4.39 Å². The van der Waals surface area contributed by atoms with Crippen molar-refractivity contribution in [2.75, 3.05) is 26.2 Å². The molecule has 2 N–H and O–H groups in total. The van der Waals surface area contributed by atoms with Crippen molar-refractivity contribution >= 4 is 10.2 Å². The Balaban J connectivity index is 2.04. The smallest absolute Gasteiger partial charge is 0.276 e. The van der Waals surface area contributed by atoms with Crippen LogP contribution in [0.25, 0.3) is 0 Å². The molecule has 1 aliphatic heterocycles. The Kier molecular flexibility index (Phi) is 4.19. The molecule has 2 rings (SSSR count). The molecule has 1 aliphatic rings. The predicted octanol–water partition coefficient (Wildman–Crippen LogP) is 0.708. The van der Waals surface area contributed by atoms with Gasteiger partial charge in [-0.2, -0.15) is 12.7 Å². The van der Waals surface area contributed by atoms with Crippen LogP contribution in [0.1, 0.15) is 18.5 Å². The third-order valence-corrected chi connectivity index (χ3v) is 4.62. The molecule has 0 amide bonds. The zero-order valence-corrected chi connectivity index (χ0v) is 11.6. The van der Waals surface area contributed by atoms with Gasteiger partial charge in [0.1, 0.15) is 5.82 Å². The van der Waals surface area contributed by atoms with Crippen LogP contribution in [-0.4, -0.2) is 43.8 Å². The van der Waals surface area contributed by atoms with Crippen molar-refractivity contribution in [1.29, 1.82) is 0 Å². The molecule has 0 aromatic heterocycles.